The van der Waals surface area contributed by atoms with Gasteiger partial charge in [0.1, 0.15) is 0 Å². The monoisotopic (exact) mass is 241 g/mol. The number of allylic oxidation sites excluding steroid dienone is 3. The third-order valence-electron chi connectivity index (χ3n) is 2.74. The number of aliphatic carboxylic acids is 1. The van der Waals surface area contributed by atoms with Crippen LogP contribution in [-0.4, -0.2) is 22.6 Å². The van der Waals surface area contributed by atoms with Gasteiger partial charge in [-0.05, 0) is 6.08 Å². The zero-order chi connectivity index (χ0) is 13.1. The van der Waals surface area contributed by atoms with Crippen LogP contribution in [0.15, 0.2) is 54.1 Å². The zero-order valence-corrected chi connectivity index (χ0v) is 9.46. The van der Waals surface area contributed by atoms with E-state index in [2.05, 4.69) is 0 Å². The molecule has 4 nitrogen and oxygen atoms in total. The van der Waals surface area contributed by atoms with Crippen molar-refractivity contribution in [3.05, 3.63) is 59.7 Å². The Morgan fingerprint density at radius 3 is 2.44 bits per heavy atom. The highest BCUT2D eigenvalue weighted by molar-refractivity contribution is 6.21. The topological polar surface area (TPSA) is 78.2 Å². The highest BCUT2D eigenvalue weighted by Crippen LogP contribution is 2.22. The summed E-state index contributed by atoms with van der Waals surface area (Å²) in [5, 5.41) is 16.8. The van der Waals surface area contributed by atoms with Gasteiger partial charge in [-0.2, -0.15) is 0 Å². The van der Waals surface area contributed by atoms with Gasteiger partial charge >= 0.3 is 5.97 Å². The number of ketones is 1. The predicted molar refractivity (Wildman–Crippen MR) is 66.8 cm³/mol. The fraction of sp³-hybridized carbons (Fsp3) is 0.0714. The van der Waals surface area contributed by atoms with E-state index >= 15 is 0 Å². The molecule has 0 spiro atoms. The average Bonchev–Trinajstić information content (AvgIpc) is 2.38. The Morgan fingerprint density at radius 1 is 1.17 bits per heavy atom. The van der Waals surface area contributed by atoms with Crippen molar-refractivity contribution in [1.82, 2.24) is 0 Å². The van der Waals surface area contributed by atoms with Crippen molar-refractivity contribution in [2.24, 2.45) is 5.92 Å². The Kier molecular flexibility index (Phi) is 3.19. The van der Waals surface area contributed by atoms with E-state index in [0.29, 0.717) is 5.56 Å². The van der Waals surface area contributed by atoms with E-state index in [0.717, 1.165) is 0 Å². The molecule has 1 aromatic rings. The third kappa shape index (κ3) is 2.13. The Morgan fingerprint density at radius 2 is 1.83 bits per heavy atom. The standard InChI is InChI=1S/C14H11NO3/c15-11-8-4-7-10(14(17)18)12(11)13(16)9-5-2-1-3-6-9/h1-8,12,15H,(H,17,18). The smallest absolute Gasteiger partial charge is 0.332 e. The molecule has 1 atom stereocenters. The van der Waals surface area contributed by atoms with Crippen LogP contribution in [0.5, 0.6) is 0 Å². The van der Waals surface area contributed by atoms with Gasteiger partial charge < -0.3 is 10.5 Å². The molecule has 0 aliphatic heterocycles. The summed E-state index contributed by atoms with van der Waals surface area (Å²) in [5.74, 6) is -2.55. The number of rotatable bonds is 3. The highest BCUT2D eigenvalue weighted by atomic mass is 16.4. The van der Waals surface area contributed by atoms with E-state index in [9.17, 15) is 9.59 Å². The molecule has 0 heterocycles. The first-order valence-electron chi connectivity index (χ1n) is 5.40. The van der Waals surface area contributed by atoms with E-state index in [1.54, 1.807) is 30.3 Å². The van der Waals surface area contributed by atoms with Gasteiger partial charge in [-0.25, -0.2) is 4.79 Å². The van der Waals surface area contributed by atoms with Gasteiger partial charge in [0, 0.05) is 11.3 Å². The number of carboxylic acid groups (broad SMARTS) is 1. The van der Waals surface area contributed by atoms with E-state index in [4.69, 9.17) is 10.5 Å². The number of Topliss-reactive ketones (excluding diaryl/α,β-unsaturated/α-hetero) is 1. The zero-order valence-electron chi connectivity index (χ0n) is 9.46. The molecule has 2 rings (SSSR count). The van der Waals surface area contributed by atoms with Crippen molar-refractivity contribution in [2.45, 2.75) is 0 Å². The Balaban J connectivity index is 2.40. The predicted octanol–water partition coefficient (Wildman–Crippen LogP) is 2.09. The minimum absolute atomic E-state index is 0.00348. The van der Waals surface area contributed by atoms with E-state index in [-0.39, 0.29) is 17.1 Å². The van der Waals surface area contributed by atoms with E-state index < -0.39 is 11.9 Å². The summed E-state index contributed by atoms with van der Waals surface area (Å²) >= 11 is 0. The van der Waals surface area contributed by atoms with Crippen molar-refractivity contribution in [3.8, 4) is 0 Å². The molecule has 4 heteroatoms. The van der Waals surface area contributed by atoms with Crippen molar-refractivity contribution in [1.29, 1.82) is 5.41 Å². The minimum Gasteiger partial charge on any atom is -0.478 e. The highest BCUT2D eigenvalue weighted by Gasteiger charge is 2.32. The number of carboxylic acids is 1. The summed E-state index contributed by atoms with van der Waals surface area (Å²) in [5.41, 5.74) is 0.356. The summed E-state index contributed by atoms with van der Waals surface area (Å²) in [6.07, 6.45) is 4.28. The SMILES string of the molecule is N=C1C=CC=C(C(=O)O)C1C(=O)c1ccccc1. The van der Waals surface area contributed by atoms with Crippen LogP contribution in [0.1, 0.15) is 10.4 Å². The van der Waals surface area contributed by atoms with E-state index in [1.165, 1.54) is 18.2 Å². The molecular formula is C14H11NO3. The van der Waals surface area contributed by atoms with Crippen LogP contribution in [0.25, 0.3) is 0 Å². The lowest BCUT2D eigenvalue weighted by atomic mass is 9.83. The first kappa shape index (κ1) is 12.0. The molecular weight excluding hydrogens is 230 g/mol. The molecule has 0 amide bonds. The number of nitrogens with one attached hydrogen (secondary N) is 1. The van der Waals surface area contributed by atoms with Crippen LogP contribution in [0.3, 0.4) is 0 Å². The second-order valence-corrected chi connectivity index (χ2v) is 3.90. The first-order chi connectivity index (χ1) is 8.61. The number of carbonyl (C=O) groups is 2. The van der Waals surface area contributed by atoms with Crippen LogP contribution in [-0.2, 0) is 4.79 Å². The third-order valence-corrected chi connectivity index (χ3v) is 2.74. The maximum absolute atomic E-state index is 12.2. The lowest BCUT2D eigenvalue weighted by Crippen LogP contribution is -2.29. The summed E-state index contributed by atoms with van der Waals surface area (Å²) in [6.45, 7) is 0. The molecule has 1 aliphatic carbocycles. The number of carbonyl (C=O) groups excluding carboxylic acids is 1. The number of hydrogen-bond donors (Lipinski definition) is 2. The van der Waals surface area contributed by atoms with Crippen molar-refractivity contribution in [3.63, 3.8) is 0 Å². The summed E-state index contributed by atoms with van der Waals surface area (Å²) in [4.78, 5) is 23.3. The number of benzene rings is 1. The van der Waals surface area contributed by atoms with Crippen LogP contribution in [0.4, 0.5) is 0 Å². The molecule has 0 bridgehead atoms. The molecule has 0 fully saturated rings. The summed E-state index contributed by atoms with van der Waals surface area (Å²) in [6, 6.07) is 8.43. The second-order valence-electron chi connectivity index (χ2n) is 3.90. The quantitative estimate of drug-likeness (QED) is 0.795. The molecule has 1 aromatic carbocycles. The maximum atomic E-state index is 12.2. The summed E-state index contributed by atoms with van der Waals surface area (Å²) in [7, 11) is 0. The van der Waals surface area contributed by atoms with Gasteiger partial charge in [0.15, 0.2) is 5.78 Å². The molecule has 0 radical (unpaired) electrons. The largest absolute Gasteiger partial charge is 0.478 e. The lowest BCUT2D eigenvalue weighted by Gasteiger charge is -2.18. The van der Waals surface area contributed by atoms with Gasteiger partial charge in [0.05, 0.1) is 11.5 Å². The van der Waals surface area contributed by atoms with Crippen LogP contribution in [0, 0.1) is 11.3 Å². The molecule has 90 valence electrons. The maximum Gasteiger partial charge on any atom is 0.332 e. The summed E-state index contributed by atoms with van der Waals surface area (Å²) < 4.78 is 0. The Hall–Kier alpha value is -2.49. The molecule has 0 saturated carbocycles. The van der Waals surface area contributed by atoms with Crippen LogP contribution in [0.2, 0.25) is 0 Å². The average molecular weight is 241 g/mol. The van der Waals surface area contributed by atoms with Crippen LogP contribution < -0.4 is 0 Å². The molecule has 1 aliphatic rings. The minimum atomic E-state index is -1.17. The lowest BCUT2D eigenvalue weighted by molar-refractivity contribution is -0.132. The van der Waals surface area contributed by atoms with Crippen LogP contribution >= 0.6 is 0 Å². The molecule has 0 aromatic heterocycles. The van der Waals surface area contributed by atoms with Gasteiger partial charge in [-0.1, -0.05) is 42.5 Å². The van der Waals surface area contributed by atoms with E-state index in [1.807, 2.05) is 0 Å². The fourth-order valence-corrected chi connectivity index (χ4v) is 1.86. The van der Waals surface area contributed by atoms with Gasteiger partial charge in [0.2, 0.25) is 0 Å². The molecule has 0 saturated heterocycles. The van der Waals surface area contributed by atoms with Gasteiger partial charge in [0.25, 0.3) is 0 Å². The van der Waals surface area contributed by atoms with Gasteiger partial charge in [-0.3, -0.25) is 4.79 Å². The Bertz CT molecular complexity index is 570. The first-order valence-corrected chi connectivity index (χ1v) is 5.40. The van der Waals surface area contributed by atoms with Crippen molar-refractivity contribution in [2.75, 3.05) is 0 Å². The van der Waals surface area contributed by atoms with Crippen molar-refractivity contribution < 1.29 is 14.7 Å². The molecule has 1 unspecified atom stereocenters. The second kappa shape index (κ2) is 4.79. The Labute approximate surface area is 104 Å². The normalized spacial score (nSPS) is 18.3. The van der Waals surface area contributed by atoms with Gasteiger partial charge in [-0.15, -0.1) is 0 Å². The number of hydrogen-bond acceptors (Lipinski definition) is 3. The molecule has 18 heavy (non-hydrogen) atoms. The van der Waals surface area contributed by atoms with Crippen molar-refractivity contribution >= 4 is 17.5 Å². The molecule has 2 N–H and O–H groups in total. The fourth-order valence-electron chi connectivity index (χ4n) is 1.86.